The molecule has 0 aromatic carbocycles. The van der Waals surface area contributed by atoms with E-state index in [0.717, 1.165) is 4.47 Å². The first-order chi connectivity index (χ1) is 6.56. The number of hydrogen-bond donors (Lipinski definition) is 2. The van der Waals surface area contributed by atoms with Crippen molar-refractivity contribution in [2.24, 2.45) is 0 Å². The molecular weight excluding hydrogens is 246 g/mol. The lowest BCUT2D eigenvalue weighted by atomic mass is 10.3. The van der Waals surface area contributed by atoms with E-state index in [4.69, 9.17) is 10.8 Å². The van der Waals surface area contributed by atoms with Crippen LogP contribution in [0.1, 0.15) is 6.92 Å². The fraction of sp³-hybridized carbons (Fsp3) is 0.444. The molecule has 1 unspecified atom stereocenters. The summed E-state index contributed by atoms with van der Waals surface area (Å²) in [7, 11) is 1.85. The molecule has 78 valence electrons. The molecule has 0 saturated heterocycles. The van der Waals surface area contributed by atoms with Gasteiger partial charge in [0.2, 0.25) is 0 Å². The SMILES string of the molecule is CC(CO)N(C)c1ncc(Br)cc1N. The van der Waals surface area contributed by atoms with Crippen molar-refractivity contribution in [2.45, 2.75) is 13.0 Å². The predicted octanol–water partition coefficient (Wildman–Crippen LogP) is 1.24. The van der Waals surface area contributed by atoms with Gasteiger partial charge in [-0.2, -0.15) is 0 Å². The highest BCUT2D eigenvalue weighted by atomic mass is 79.9. The van der Waals surface area contributed by atoms with Crippen LogP contribution in [0.3, 0.4) is 0 Å². The highest BCUT2D eigenvalue weighted by molar-refractivity contribution is 9.10. The van der Waals surface area contributed by atoms with Gasteiger partial charge in [-0.15, -0.1) is 0 Å². The number of hydrogen-bond acceptors (Lipinski definition) is 4. The van der Waals surface area contributed by atoms with Crippen molar-refractivity contribution in [3.8, 4) is 0 Å². The molecule has 1 rings (SSSR count). The van der Waals surface area contributed by atoms with E-state index in [9.17, 15) is 0 Å². The number of aliphatic hydroxyl groups excluding tert-OH is 1. The van der Waals surface area contributed by atoms with Crippen molar-refractivity contribution in [1.29, 1.82) is 0 Å². The third-order valence-electron chi connectivity index (χ3n) is 2.12. The number of nitrogens with two attached hydrogens (primary N) is 1. The Morgan fingerprint density at radius 3 is 2.86 bits per heavy atom. The number of anilines is 2. The van der Waals surface area contributed by atoms with Crippen LogP contribution in [0.5, 0.6) is 0 Å². The monoisotopic (exact) mass is 259 g/mol. The molecular formula is C9H14BrN3O. The molecule has 1 atom stereocenters. The smallest absolute Gasteiger partial charge is 0.151 e. The molecule has 0 aliphatic rings. The summed E-state index contributed by atoms with van der Waals surface area (Å²) in [5, 5.41) is 8.99. The predicted molar refractivity (Wildman–Crippen MR) is 61.3 cm³/mol. The van der Waals surface area contributed by atoms with Crippen molar-refractivity contribution in [3.05, 3.63) is 16.7 Å². The molecule has 4 nitrogen and oxygen atoms in total. The zero-order chi connectivity index (χ0) is 10.7. The summed E-state index contributed by atoms with van der Waals surface area (Å²) < 4.78 is 0.851. The molecule has 0 spiro atoms. The van der Waals surface area contributed by atoms with Gasteiger partial charge in [-0.05, 0) is 28.9 Å². The molecule has 0 saturated carbocycles. The fourth-order valence-corrected chi connectivity index (χ4v) is 1.42. The van der Waals surface area contributed by atoms with E-state index >= 15 is 0 Å². The Kier molecular flexibility index (Phi) is 3.71. The minimum atomic E-state index is 0.00553. The highest BCUT2D eigenvalue weighted by Crippen LogP contribution is 2.23. The van der Waals surface area contributed by atoms with Crippen LogP contribution in [0.2, 0.25) is 0 Å². The van der Waals surface area contributed by atoms with Gasteiger partial charge in [0.1, 0.15) is 0 Å². The van der Waals surface area contributed by atoms with Crippen molar-refractivity contribution >= 4 is 27.4 Å². The summed E-state index contributed by atoms with van der Waals surface area (Å²) in [6, 6.07) is 1.80. The van der Waals surface area contributed by atoms with Crippen LogP contribution in [0.4, 0.5) is 11.5 Å². The van der Waals surface area contributed by atoms with E-state index in [0.29, 0.717) is 11.5 Å². The second kappa shape index (κ2) is 4.61. The number of aliphatic hydroxyl groups is 1. The summed E-state index contributed by atoms with van der Waals surface area (Å²) in [6.07, 6.45) is 1.69. The Morgan fingerprint density at radius 1 is 1.71 bits per heavy atom. The van der Waals surface area contributed by atoms with Crippen LogP contribution in [0.25, 0.3) is 0 Å². The Morgan fingerprint density at radius 2 is 2.36 bits per heavy atom. The normalized spacial score (nSPS) is 12.6. The molecule has 3 N–H and O–H groups in total. The molecule has 5 heteroatoms. The molecule has 0 fully saturated rings. The van der Waals surface area contributed by atoms with Crippen LogP contribution in [0, 0.1) is 0 Å². The van der Waals surface area contributed by atoms with Gasteiger partial charge in [0.15, 0.2) is 5.82 Å². The zero-order valence-electron chi connectivity index (χ0n) is 8.24. The minimum Gasteiger partial charge on any atom is -0.396 e. The third kappa shape index (κ3) is 2.36. The molecule has 0 radical (unpaired) electrons. The maximum atomic E-state index is 8.99. The Hall–Kier alpha value is -0.810. The number of nitrogens with zero attached hydrogens (tertiary/aromatic N) is 2. The summed E-state index contributed by atoms with van der Waals surface area (Å²) in [6.45, 7) is 1.98. The van der Waals surface area contributed by atoms with E-state index in [1.54, 1.807) is 12.3 Å². The minimum absolute atomic E-state index is 0.00553. The highest BCUT2D eigenvalue weighted by Gasteiger charge is 2.12. The first kappa shape index (κ1) is 11.3. The van der Waals surface area contributed by atoms with Crippen LogP contribution >= 0.6 is 15.9 Å². The van der Waals surface area contributed by atoms with Crippen LogP contribution in [-0.2, 0) is 0 Å². The van der Waals surface area contributed by atoms with Crippen molar-refractivity contribution in [3.63, 3.8) is 0 Å². The summed E-state index contributed by atoms with van der Waals surface area (Å²) in [5.41, 5.74) is 6.40. The number of nitrogen functional groups attached to an aromatic ring is 1. The van der Waals surface area contributed by atoms with E-state index in [1.165, 1.54) is 0 Å². The van der Waals surface area contributed by atoms with Gasteiger partial charge in [-0.1, -0.05) is 0 Å². The van der Waals surface area contributed by atoms with Gasteiger partial charge in [-0.25, -0.2) is 4.98 Å². The maximum Gasteiger partial charge on any atom is 0.151 e. The average molecular weight is 260 g/mol. The Labute approximate surface area is 91.9 Å². The molecule has 1 aromatic heterocycles. The number of rotatable bonds is 3. The number of halogens is 1. The van der Waals surface area contributed by atoms with Gasteiger partial charge in [0.05, 0.1) is 18.3 Å². The lowest BCUT2D eigenvalue weighted by molar-refractivity contribution is 0.270. The summed E-state index contributed by atoms with van der Waals surface area (Å²) in [4.78, 5) is 6.04. The van der Waals surface area contributed by atoms with E-state index in [2.05, 4.69) is 20.9 Å². The quantitative estimate of drug-likeness (QED) is 0.858. The van der Waals surface area contributed by atoms with E-state index in [1.807, 2.05) is 18.9 Å². The Balaban J connectivity index is 2.95. The Bertz CT molecular complexity index is 319. The summed E-state index contributed by atoms with van der Waals surface area (Å²) in [5.74, 6) is 0.690. The first-order valence-electron chi connectivity index (χ1n) is 4.31. The van der Waals surface area contributed by atoms with E-state index < -0.39 is 0 Å². The second-order valence-electron chi connectivity index (χ2n) is 3.21. The molecule has 0 amide bonds. The largest absolute Gasteiger partial charge is 0.396 e. The first-order valence-corrected chi connectivity index (χ1v) is 5.10. The standard InChI is InChI=1S/C9H14BrN3O/c1-6(5-14)13(2)9-8(11)3-7(10)4-12-9/h3-4,6,14H,5,11H2,1-2H3. The van der Waals surface area contributed by atoms with Gasteiger partial charge >= 0.3 is 0 Å². The van der Waals surface area contributed by atoms with Crippen molar-refractivity contribution in [2.75, 3.05) is 24.3 Å². The molecule has 14 heavy (non-hydrogen) atoms. The van der Waals surface area contributed by atoms with Gasteiger partial charge in [-0.3, -0.25) is 0 Å². The van der Waals surface area contributed by atoms with Gasteiger partial charge in [0, 0.05) is 17.7 Å². The molecule has 0 bridgehead atoms. The average Bonchev–Trinajstić information content (AvgIpc) is 2.15. The van der Waals surface area contributed by atoms with Gasteiger partial charge < -0.3 is 15.7 Å². The zero-order valence-corrected chi connectivity index (χ0v) is 9.82. The number of pyridine rings is 1. The molecule has 0 aliphatic heterocycles. The molecule has 1 aromatic rings. The van der Waals surface area contributed by atoms with Crippen molar-refractivity contribution in [1.82, 2.24) is 4.98 Å². The topological polar surface area (TPSA) is 62.4 Å². The fourth-order valence-electron chi connectivity index (χ4n) is 1.07. The van der Waals surface area contributed by atoms with Crippen molar-refractivity contribution < 1.29 is 5.11 Å². The summed E-state index contributed by atoms with van der Waals surface area (Å²) >= 11 is 3.29. The number of aromatic nitrogens is 1. The second-order valence-corrected chi connectivity index (χ2v) is 4.12. The molecule has 0 aliphatic carbocycles. The van der Waals surface area contributed by atoms with Crippen LogP contribution < -0.4 is 10.6 Å². The maximum absolute atomic E-state index is 8.99. The van der Waals surface area contributed by atoms with Gasteiger partial charge in [0.25, 0.3) is 0 Å². The van der Waals surface area contributed by atoms with Crippen LogP contribution in [0.15, 0.2) is 16.7 Å². The van der Waals surface area contributed by atoms with E-state index in [-0.39, 0.29) is 12.6 Å². The molecule has 1 heterocycles. The lowest BCUT2D eigenvalue weighted by Gasteiger charge is -2.25. The third-order valence-corrected chi connectivity index (χ3v) is 2.55. The lowest BCUT2D eigenvalue weighted by Crippen LogP contribution is -2.33. The van der Waals surface area contributed by atoms with Crippen LogP contribution in [-0.4, -0.2) is 29.8 Å². The number of likely N-dealkylation sites (N-methyl/N-ethyl adjacent to an activating group) is 1.